The Morgan fingerprint density at radius 2 is 1.48 bits per heavy atom. The van der Waals surface area contributed by atoms with Crippen molar-refractivity contribution in [3.8, 4) is 0 Å². The molecule has 0 aromatic heterocycles. The lowest BCUT2D eigenvalue weighted by molar-refractivity contribution is -0.116. The van der Waals surface area contributed by atoms with Gasteiger partial charge >= 0.3 is 0 Å². The molecule has 0 rings (SSSR count). The van der Waals surface area contributed by atoms with Crippen molar-refractivity contribution in [3.63, 3.8) is 0 Å². The molecule has 0 heterocycles. The van der Waals surface area contributed by atoms with E-state index in [4.69, 9.17) is 0 Å². The van der Waals surface area contributed by atoms with E-state index in [1.807, 2.05) is 0 Å². The van der Waals surface area contributed by atoms with Crippen molar-refractivity contribution in [1.82, 2.24) is 5.32 Å². The van der Waals surface area contributed by atoms with Crippen molar-refractivity contribution in [3.05, 3.63) is 12.7 Å². The third-order valence-corrected chi connectivity index (χ3v) is 4.48. The first-order valence-electron chi connectivity index (χ1n) is 8.98. The lowest BCUT2D eigenvalue weighted by Gasteiger charge is -2.30. The topological polar surface area (TPSA) is 29.1 Å². The van der Waals surface area contributed by atoms with Crippen LogP contribution in [0.5, 0.6) is 0 Å². The van der Waals surface area contributed by atoms with Crippen LogP contribution in [-0.2, 0) is 4.79 Å². The molecule has 2 nitrogen and oxygen atoms in total. The smallest absolute Gasteiger partial charge is 0.243 e. The van der Waals surface area contributed by atoms with Crippen LogP contribution in [0, 0.1) is 5.41 Å². The summed E-state index contributed by atoms with van der Waals surface area (Å²) in [5.41, 5.74) is 0.385. The average Bonchev–Trinajstić information content (AvgIpc) is 2.48. The van der Waals surface area contributed by atoms with Crippen LogP contribution in [0.2, 0.25) is 0 Å². The highest BCUT2D eigenvalue weighted by atomic mass is 16.1. The molecule has 0 aliphatic rings. The Hall–Kier alpha value is -0.790. The molecule has 0 aromatic carbocycles. The summed E-state index contributed by atoms with van der Waals surface area (Å²) in [6, 6.07) is 0. The average molecular weight is 296 g/mol. The summed E-state index contributed by atoms with van der Waals surface area (Å²) in [5.74, 6) is -0.0469. The van der Waals surface area contributed by atoms with Crippen molar-refractivity contribution in [1.29, 1.82) is 0 Å². The minimum absolute atomic E-state index is 0.0469. The molecule has 0 fully saturated rings. The van der Waals surface area contributed by atoms with Gasteiger partial charge in [0.1, 0.15) is 0 Å². The quantitative estimate of drug-likeness (QED) is 0.327. The zero-order chi connectivity index (χ0) is 16.0. The number of carbonyl (C=O) groups is 1. The van der Waals surface area contributed by atoms with Gasteiger partial charge in [-0.05, 0) is 30.8 Å². The highest BCUT2D eigenvalue weighted by Crippen LogP contribution is 2.34. The number of hydrogen-bond acceptors (Lipinski definition) is 1. The lowest BCUT2D eigenvalue weighted by Crippen LogP contribution is -2.28. The van der Waals surface area contributed by atoms with Gasteiger partial charge in [0, 0.05) is 6.54 Å². The number of nitrogens with one attached hydrogen (secondary N) is 1. The second-order valence-electron chi connectivity index (χ2n) is 6.68. The van der Waals surface area contributed by atoms with Gasteiger partial charge in [-0.1, -0.05) is 78.7 Å². The van der Waals surface area contributed by atoms with Crippen LogP contribution in [0.25, 0.3) is 0 Å². The van der Waals surface area contributed by atoms with E-state index in [0.29, 0.717) is 5.41 Å². The Morgan fingerprint density at radius 1 is 0.952 bits per heavy atom. The number of carbonyl (C=O) groups excluding carboxylic acids is 1. The Balaban J connectivity index is 4.15. The number of unbranched alkanes of at least 4 members (excludes halogenated alkanes) is 6. The van der Waals surface area contributed by atoms with E-state index >= 15 is 0 Å². The standard InChI is InChI=1S/C19H37NO/c1-5-8-10-12-14-19(4,15-13-11-9-6-2)16-17-20-18(21)7-3/h7H,3,5-6,8-17H2,1-2,4H3,(H,20,21). The SMILES string of the molecule is C=CC(=O)NCCC(C)(CCCCCC)CCCCCC. The highest BCUT2D eigenvalue weighted by molar-refractivity contribution is 5.86. The van der Waals surface area contributed by atoms with Gasteiger partial charge in [0.05, 0.1) is 0 Å². The molecule has 0 radical (unpaired) electrons. The fraction of sp³-hybridized carbons (Fsp3) is 0.842. The molecule has 0 bridgehead atoms. The molecule has 0 saturated carbocycles. The van der Waals surface area contributed by atoms with E-state index in [2.05, 4.69) is 32.7 Å². The fourth-order valence-corrected chi connectivity index (χ4v) is 2.89. The molecule has 21 heavy (non-hydrogen) atoms. The van der Waals surface area contributed by atoms with Gasteiger partial charge in [-0.2, -0.15) is 0 Å². The third-order valence-electron chi connectivity index (χ3n) is 4.48. The summed E-state index contributed by atoms with van der Waals surface area (Å²) in [5, 5.41) is 2.93. The fourth-order valence-electron chi connectivity index (χ4n) is 2.89. The van der Waals surface area contributed by atoms with Crippen LogP contribution in [-0.4, -0.2) is 12.5 Å². The molecule has 0 atom stereocenters. The number of rotatable bonds is 14. The van der Waals surface area contributed by atoms with Crippen LogP contribution in [0.3, 0.4) is 0 Å². The maximum atomic E-state index is 11.3. The first-order valence-corrected chi connectivity index (χ1v) is 8.98. The van der Waals surface area contributed by atoms with Gasteiger partial charge in [-0.15, -0.1) is 0 Å². The molecule has 2 heteroatoms. The molecule has 0 aliphatic carbocycles. The van der Waals surface area contributed by atoms with Crippen molar-refractivity contribution < 1.29 is 4.79 Å². The molecule has 0 saturated heterocycles. The van der Waals surface area contributed by atoms with Gasteiger partial charge in [0.2, 0.25) is 5.91 Å². The second kappa shape index (κ2) is 12.9. The Bertz CT molecular complexity index is 261. The van der Waals surface area contributed by atoms with Crippen LogP contribution in [0.15, 0.2) is 12.7 Å². The summed E-state index contributed by atoms with van der Waals surface area (Å²) >= 11 is 0. The largest absolute Gasteiger partial charge is 0.353 e. The molecule has 1 amide bonds. The second-order valence-corrected chi connectivity index (χ2v) is 6.68. The highest BCUT2D eigenvalue weighted by Gasteiger charge is 2.23. The Morgan fingerprint density at radius 3 is 1.90 bits per heavy atom. The predicted octanol–water partition coefficient (Wildman–Crippen LogP) is 5.63. The summed E-state index contributed by atoms with van der Waals surface area (Å²) in [6.45, 7) is 11.2. The van der Waals surface area contributed by atoms with Crippen LogP contribution >= 0.6 is 0 Å². The molecule has 1 N–H and O–H groups in total. The molecule has 0 aromatic rings. The third kappa shape index (κ3) is 11.5. The van der Waals surface area contributed by atoms with Crippen LogP contribution in [0.4, 0.5) is 0 Å². The summed E-state index contributed by atoms with van der Waals surface area (Å²) in [7, 11) is 0. The van der Waals surface area contributed by atoms with Crippen molar-refractivity contribution in [2.24, 2.45) is 5.41 Å². The summed E-state index contributed by atoms with van der Waals surface area (Å²) in [4.78, 5) is 11.3. The molecule has 0 aliphatic heterocycles. The van der Waals surface area contributed by atoms with Crippen molar-refractivity contribution in [2.75, 3.05) is 6.54 Å². The van der Waals surface area contributed by atoms with E-state index in [1.165, 1.54) is 70.3 Å². The first kappa shape index (κ1) is 20.2. The van der Waals surface area contributed by atoms with E-state index in [0.717, 1.165) is 13.0 Å². The van der Waals surface area contributed by atoms with Crippen LogP contribution in [0.1, 0.15) is 91.4 Å². The zero-order valence-corrected chi connectivity index (χ0v) is 14.7. The van der Waals surface area contributed by atoms with Gasteiger partial charge < -0.3 is 5.32 Å². The minimum Gasteiger partial charge on any atom is -0.353 e. The summed E-state index contributed by atoms with van der Waals surface area (Å²) < 4.78 is 0. The van der Waals surface area contributed by atoms with Crippen molar-refractivity contribution in [2.45, 2.75) is 91.4 Å². The zero-order valence-electron chi connectivity index (χ0n) is 14.7. The van der Waals surface area contributed by atoms with E-state index < -0.39 is 0 Å². The maximum absolute atomic E-state index is 11.3. The molecule has 0 unspecified atom stereocenters. The first-order chi connectivity index (χ1) is 10.1. The van der Waals surface area contributed by atoms with Crippen molar-refractivity contribution >= 4 is 5.91 Å². The Labute approximate surface area is 132 Å². The monoisotopic (exact) mass is 295 g/mol. The maximum Gasteiger partial charge on any atom is 0.243 e. The van der Waals surface area contributed by atoms with Gasteiger partial charge in [0.15, 0.2) is 0 Å². The normalized spacial score (nSPS) is 11.4. The van der Waals surface area contributed by atoms with E-state index in [1.54, 1.807) is 0 Å². The van der Waals surface area contributed by atoms with Gasteiger partial charge in [-0.3, -0.25) is 4.79 Å². The molecule has 124 valence electrons. The number of hydrogen-bond donors (Lipinski definition) is 1. The van der Waals surface area contributed by atoms with Gasteiger partial charge in [0.25, 0.3) is 0 Å². The predicted molar refractivity (Wildman–Crippen MR) is 93.4 cm³/mol. The molecular formula is C19H37NO. The summed E-state index contributed by atoms with van der Waals surface area (Å²) in [6.07, 6.45) is 15.7. The molecular weight excluding hydrogens is 258 g/mol. The minimum atomic E-state index is -0.0469. The van der Waals surface area contributed by atoms with Gasteiger partial charge in [-0.25, -0.2) is 0 Å². The lowest BCUT2D eigenvalue weighted by atomic mass is 9.77. The Kier molecular flexibility index (Phi) is 12.4. The van der Waals surface area contributed by atoms with E-state index in [-0.39, 0.29) is 5.91 Å². The van der Waals surface area contributed by atoms with Crippen LogP contribution < -0.4 is 5.32 Å². The van der Waals surface area contributed by atoms with E-state index in [9.17, 15) is 4.79 Å². The molecule has 0 spiro atoms. The number of amides is 1.